The van der Waals surface area contributed by atoms with Crippen LogP contribution in [0.1, 0.15) is 23.5 Å². The van der Waals surface area contributed by atoms with E-state index < -0.39 is 12.8 Å². The van der Waals surface area contributed by atoms with Crippen molar-refractivity contribution in [2.24, 2.45) is 0 Å². The number of piperidine rings is 1. The van der Waals surface area contributed by atoms with Crippen LogP contribution in [0.25, 0.3) is 0 Å². The second-order valence-corrected chi connectivity index (χ2v) is 5.81. The standard InChI is InChI=1S/C16H17F3N4O3/c17-16(18,19)9-25-12-2-1-3-13(8-12)26-11-4-6-23(7-5-11)15(24)14-20-10-21-22-14/h1-3,8,10-11H,4-7,9H2,(H,20,21,22). The van der Waals surface area contributed by atoms with Crippen LogP contribution in [0.3, 0.4) is 0 Å². The number of aromatic nitrogens is 3. The summed E-state index contributed by atoms with van der Waals surface area (Å²) in [6.07, 6.45) is -1.98. The quantitative estimate of drug-likeness (QED) is 0.874. The lowest BCUT2D eigenvalue weighted by Gasteiger charge is -2.31. The van der Waals surface area contributed by atoms with Gasteiger partial charge in [-0.1, -0.05) is 6.07 Å². The Kier molecular flexibility index (Phi) is 5.29. The Morgan fingerprint density at radius 2 is 2.00 bits per heavy atom. The SMILES string of the molecule is O=C(c1nc[nH]n1)N1CCC(Oc2cccc(OCC(F)(F)F)c2)CC1. The average Bonchev–Trinajstić information content (AvgIpc) is 3.14. The molecule has 10 heteroatoms. The summed E-state index contributed by atoms with van der Waals surface area (Å²) in [4.78, 5) is 17.6. The number of hydrogen-bond acceptors (Lipinski definition) is 5. The van der Waals surface area contributed by atoms with Crippen LogP contribution in [0.5, 0.6) is 11.5 Å². The van der Waals surface area contributed by atoms with Crippen LogP contribution in [0, 0.1) is 0 Å². The van der Waals surface area contributed by atoms with Crippen LogP contribution in [0.15, 0.2) is 30.6 Å². The number of ether oxygens (including phenoxy) is 2. The summed E-state index contributed by atoms with van der Waals surface area (Å²) in [7, 11) is 0. The van der Waals surface area contributed by atoms with Gasteiger partial charge in [0, 0.05) is 32.0 Å². The fraction of sp³-hybridized carbons (Fsp3) is 0.438. The normalized spacial score (nSPS) is 15.7. The predicted molar refractivity (Wildman–Crippen MR) is 83.9 cm³/mol. The van der Waals surface area contributed by atoms with Crippen molar-refractivity contribution in [2.75, 3.05) is 19.7 Å². The van der Waals surface area contributed by atoms with E-state index in [1.54, 1.807) is 17.0 Å². The highest BCUT2D eigenvalue weighted by atomic mass is 19.4. The molecule has 0 bridgehead atoms. The number of alkyl halides is 3. The number of carbonyl (C=O) groups excluding carboxylic acids is 1. The number of nitrogens with zero attached hydrogens (tertiary/aromatic N) is 3. The van der Waals surface area contributed by atoms with E-state index >= 15 is 0 Å². The molecule has 140 valence electrons. The van der Waals surface area contributed by atoms with Gasteiger partial charge in [-0.25, -0.2) is 4.98 Å². The Balaban J connectivity index is 1.51. The number of benzene rings is 1. The molecule has 1 aliphatic rings. The number of rotatable bonds is 5. The van der Waals surface area contributed by atoms with Crippen molar-refractivity contribution >= 4 is 5.91 Å². The van der Waals surface area contributed by atoms with E-state index in [0.29, 0.717) is 31.7 Å². The van der Waals surface area contributed by atoms with Crippen LogP contribution in [-0.4, -0.2) is 58.0 Å². The van der Waals surface area contributed by atoms with Crippen molar-refractivity contribution in [1.29, 1.82) is 0 Å². The first kappa shape index (κ1) is 18.0. The van der Waals surface area contributed by atoms with Gasteiger partial charge < -0.3 is 14.4 Å². The maximum absolute atomic E-state index is 12.2. The topological polar surface area (TPSA) is 80.3 Å². The van der Waals surface area contributed by atoms with E-state index in [1.165, 1.54) is 18.5 Å². The van der Waals surface area contributed by atoms with E-state index in [-0.39, 0.29) is 23.6 Å². The molecule has 2 heterocycles. The van der Waals surface area contributed by atoms with Gasteiger partial charge in [0.25, 0.3) is 5.91 Å². The minimum absolute atomic E-state index is 0.0945. The number of halogens is 3. The fourth-order valence-electron chi connectivity index (χ4n) is 2.63. The molecule has 2 aromatic rings. The van der Waals surface area contributed by atoms with Gasteiger partial charge in [0.15, 0.2) is 6.61 Å². The zero-order valence-corrected chi connectivity index (χ0v) is 13.7. The van der Waals surface area contributed by atoms with Crippen LogP contribution in [-0.2, 0) is 0 Å². The molecule has 1 fully saturated rings. The highest BCUT2D eigenvalue weighted by Gasteiger charge is 2.29. The molecular weight excluding hydrogens is 353 g/mol. The lowest BCUT2D eigenvalue weighted by Crippen LogP contribution is -2.42. The summed E-state index contributed by atoms with van der Waals surface area (Å²) in [5.41, 5.74) is 0. The van der Waals surface area contributed by atoms with E-state index in [1.807, 2.05) is 0 Å². The zero-order chi connectivity index (χ0) is 18.6. The molecule has 1 amide bonds. The molecule has 1 aliphatic heterocycles. The highest BCUT2D eigenvalue weighted by Crippen LogP contribution is 2.25. The summed E-state index contributed by atoms with van der Waals surface area (Å²) < 4.78 is 47.2. The molecule has 3 rings (SSSR count). The lowest BCUT2D eigenvalue weighted by molar-refractivity contribution is -0.153. The Bertz CT molecular complexity index is 729. The Hall–Kier alpha value is -2.78. The predicted octanol–water partition coefficient (Wildman–Crippen LogP) is 2.43. The first-order valence-electron chi connectivity index (χ1n) is 8.02. The highest BCUT2D eigenvalue weighted by molar-refractivity contribution is 5.90. The van der Waals surface area contributed by atoms with Gasteiger partial charge in [-0.05, 0) is 12.1 Å². The van der Waals surface area contributed by atoms with Crippen molar-refractivity contribution < 1.29 is 27.4 Å². The van der Waals surface area contributed by atoms with Crippen LogP contribution in [0.2, 0.25) is 0 Å². The number of amides is 1. The van der Waals surface area contributed by atoms with Crippen LogP contribution >= 0.6 is 0 Å². The molecule has 0 atom stereocenters. The van der Waals surface area contributed by atoms with E-state index in [4.69, 9.17) is 9.47 Å². The monoisotopic (exact) mass is 370 g/mol. The minimum atomic E-state index is -4.39. The maximum atomic E-state index is 12.2. The molecule has 1 aromatic heterocycles. The third kappa shape index (κ3) is 4.87. The summed E-state index contributed by atoms with van der Waals surface area (Å²) in [5.74, 6) is 0.409. The van der Waals surface area contributed by atoms with Crippen molar-refractivity contribution in [1.82, 2.24) is 20.1 Å². The van der Waals surface area contributed by atoms with Gasteiger partial charge in [-0.15, -0.1) is 5.10 Å². The van der Waals surface area contributed by atoms with Crippen LogP contribution in [0.4, 0.5) is 13.2 Å². The number of H-pyrrole nitrogens is 1. The number of carbonyl (C=O) groups is 1. The number of likely N-dealkylation sites (tertiary alicyclic amines) is 1. The molecule has 7 nitrogen and oxygen atoms in total. The molecule has 0 radical (unpaired) electrons. The maximum Gasteiger partial charge on any atom is 0.422 e. The minimum Gasteiger partial charge on any atom is -0.490 e. The molecule has 26 heavy (non-hydrogen) atoms. The first-order chi connectivity index (χ1) is 12.4. The third-order valence-electron chi connectivity index (χ3n) is 3.85. The Labute approximate surface area is 147 Å². The fourth-order valence-corrected chi connectivity index (χ4v) is 2.63. The van der Waals surface area contributed by atoms with Crippen molar-refractivity contribution in [3.63, 3.8) is 0 Å². The van der Waals surface area contributed by atoms with E-state index in [9.17, 15) is 18.0 Å². The Morgan fingerprint density at radius 1 is 1.27 bits per heavy atom. The van der Waals surface area contributed by atoms with E-state index in [2.05, 4.69) is 15.2 Å². The molecule has 0 unspecified atom stereocenters. The molecule has 0 spiro atoms. The summed E-state index contributed by atoms with van der Waals surface area (Å²) in [6.45, 7) is -0.372. The molecule has 1 saturated heterocycles. The molecule has 1 aromatic carbocycles. The van der Waals surface area contributed by atoms with Gasteiger partial charge in [-0.2, -0.15) is 13.2 Å². The van der Waals surface area contributed by atoms with Gasteiger partial charge in [0.1, 0.15) is 23.9 Å². The summed E-state index contributed by atoms with van der Waals surface area (Å²) in [5, 5.41) is 6.27. The summed E-state index contributed by atoms with van der Waals surface area (Å²) in [6, 6.07) is 6.10. The van der Waals surface area contributed by atoms with Crippen molar-refractivity contribution in [3.05, 3.63) is 36.4 Å². The van der Waals surface area contributed by atoms with Crippen molar-refractivity contribution in [2.45, 2.75) is 25.1 Å². The molecular formula is C16H17F3N4O3. The molecule has 0 aliphatic carbocycles. The molecule has 0 saturated carbocycles. The summed E-state index contributed by atoms with van der Waals surface area (Å²) >= 11 is 0. The number of aromatic amines is 1. The smallest absolute Gasteiger partial charge is 0.422 e. The van der Waals surface area contributed by atoms with Gasteiger partial charge in [0.2, 0.25) is 5.82 Å². The first-order valence-corrected chi connectivity index (χ1v) is 8.02. The lowest BCUT2D eigenvalue weighted by atomic mass is 10.1. The van der Waals surface area contributed by atoms with Crippen LogP contribution < -0.4 is 9.47 Å². The van der Waals surface area contributed by atoms with Gasteiger partial charge >= 0.3 is 6.18 Å². The average molecular weight is 370 g/mol. The largest absolute Gasteiger partial charge is 0.490 e. The van der Waals surface area contributed by atoms with Gasteiger partial charge in [0.05, 0.1) is 0 Å². The second kappa shape index (κ2) is 7.63. The van der Waals surface area contributed by atoms with Crippen molar-refractivity contribution in [3.8, 4) is 11.5 Å². The molecule has 1 N–H and O–H groups in total. The zero-order valence-electron chi connectivity index (χ0n) is 13.7. The second-order valence-electron chi connectivity index (χ2n) is 5.81. The number of hydrogen-bond donors (Lipinski definition) is 1. The van der Waals surface area contributed by atoms with Gasteiger partial charge in [-0.3, -0.25) is 9.89 Å². The number of nitrogens with one attached hydrogen (secondary N) is 1. The van der Waals surface area contributed by atoms with E-state index in [0.717, 1.165) is 0 Å². The third-order valence-corrected chi connectivity index (χ3v) is 3.85. The Morgan fingerprint density at radius 3 is 2.65 bits per heavy atom.